The first kappa shape index (κ1) is 13.7. The first-order chi connectivity index (χ1) is 9.20. The van der Waals surface area contributed by atoms with Gasteiger partial charge in [0.1, 0.15) is 11.4 Å². The molecule has 0 N–H and O–H groups in total. The van der Waals surface area contributed by atoms with E-state index in [0.29, 0.717) is 18.2 Å². The van der Waals surface area contributed by atoms with Crippen LogP contribution in [-0.4, -0.2) is 17.9 Å². The second-order valence-corrected chi connectivity index (χ2v) is 5.52. The Hall–Kier alpha value is -1.68. The number of aromatic nitrogens is 1. The predicted molar refractivity (Wildman–Crippen MR) is 77.2 cm³/mol. The fourth-order valence-electron chi connectivity index (χ4n) is 1.83. The molecule has 0 aliphatic rings. The van der Waals surface area contributed by atoms with Gasteiger partial charge in [0.05, 0.1) is 11.6 Å². The van der Waals surface area contributed by atoms with Crippen LogP contribution < -0.4 is 4.74 Å². The molecule has 3 nitrogen and oxygen atoms in total. The molecule has 0 atom stereocenters. The summed E-state index contributed by atoms with van der Waals surface area (Å²) in [6.45, 7) is 4.88. The summed E-state index contributed by atoms with van der Waals surface area (Å²) in [4.78, 5) is 14.7. The molecular formula is C15H17NO2S. The Bertz CT molecular complexity index is 549. The van der Waals surface area contributed by atoms with E-state index in [1.807, 2.05) is 18.2 Å². The third-order valence-electron chi connectivity index (χ3n) is 2.80. The fraction of sp³-hybridized carbons (Fsp3) is 0.333. The number of benzene rings is 1. The van der Waals surface area contributed by atoms with Crippen molar-refractivity contribution in [3.8, 4) is 5.75 Å². The number of hydrogen-bond acceptors (Lipinski definition) is 4. The Morgan fingerprint density at radius 1 is 1.37 bits per heavy atom. The number of ether oxygens (including phenoxy) is 1. The Kier molecular flexibility index (Phi) is 4.68. The number of thiazole rings is 1. The maximum Gasteiger partial charge on any atom is 0.169 e. The van der Waals surface area contributed by atoms with Gasteiger partial charge in [-0.15, -0.1) is 11.3 Å². The van der Waals surface area contributed by atoms with Gasteiger partial charge >= 0.3 is 0 Å². The quantitative estimate of drug-likeness (QED) is 0.755. The molecule has 1 aromatic heterocycles. The van der Waals surface area contributed by atoms with Crippen molar-refractivity contribution >= 4 is 17.6 Å². The average Bonchev–Trinajstić information content (AvgIpc) is 2.87. The molecular weight excluding hydrogens is 258 g/mol. The molecule has 0 unspecified atom stereocenters. The minimum atomic E-state index is 0.442. The van der Waals surface area contributed by atoms with Gasteiger partial charge in [0.2, 0.25) is 0 Å². The van der Waals surface area contributed by atoms with E-state index in [9.17, 15) is 4.79 Å². The molecule has 0 bridgehead atoms. The van der Waals surface area contributed by atoms with E-state index in [1.165, 1.54) is 16.9 Å². The minimum absolute atomic E-state index is 0.442. The summed E-state index contributed by atoms with van der Waals surface area (Å²) in [6.07, 6.45) is 1.50. The Labute approximate surface area is 117 Å². The lowest BCUT2D eigenvalue weighted by molar-refractivity contribution is 0.111. The highest BCUT2D eigenvalue weighted by Crippen LogP contribution is 2.26. The first-order valence-electron chi connectivity index (χ1n) is 6.32. The van der Waals surface area contributed by atoms with Gasteiger partial charge in [-0.2, -0.15) is 0 Å². The van der Waals surface area contributed by atoms with Gasteiger partial charge in [-0.3, -0.25) is 4.79 Å². The lowest BCUT2D eigenvalue weighted by Gasteiger charge is -2.13. The van der Waals surface area contributed by atoms with Crippen LogP contribution >= 0.6 is 11.3 Å². The molecule has 4 heteroatoms. The molecule has 0 radical (unpaired) electrons. The van der Waals surface area contributed by atoms with Gasteiger partial charge < -0.3 is 4.74 Å². The van der Waals surface area contributed by atoms with Crippen molar-refractivity contribution in [1.29, 1.82) is 0 Å². The maximum absolute atomic E-state index is 10.5. The molecule has 0 aliphatic heterocycles. The fourth-order valence-corrected chi connectivity index (χ4v) is 2.56. The molecule has 100 valence electrons. The molecule has 1 aromatic carbocycles. The third-order valence-corrected chi connectivity index (χ3v) is 3.73. The summed E-state index contributed by atoms with van der Waals surface area (Å²) < 4.78 is 5.82. The van der Waals surface area contributed by atoms with Crippen molar-refractivity contribution in [2.24, 2.45) is 0 Å². The SMILES string of the molecule is CC(C)c1ccccc1OCCc1nc(C=O)cs1. The van der Waals surface area contributed by atoms with Crippen LogP contribution in [0.4, 0.5) is 0 Å². The number of rotatable bonds is 6. The van der Waals surface area contributed by atoms with Crippen molar-refractivity contribution in [3.05, 3.63) is 45.9 Å². The highest BCUT2D eigenvalue weighted by atomic mass is 32.1. The van der Waals surface area contributed by atoms with Crippen molar-refractivity contribution in [3.63, 3.8) is 0 Å². The molecule has 2 rings (SSSR count). The highest BCUT2D eigenvalue weighted by Gasteiger charge is 2.07. The van der Waals surface area contributed by atoms with Gasteiger partial charge in [0.25, 0.3) is 0 Å². The van der Waals surface area contributed by atoms with Gasteiger partial charge in [-0.25, -0.2) is 4.98 Å². The van der Waals surface area contributed by atoms with E-state index in [4.69, 9.17) is 4.74 Å². The standard InChI is InChI=1S/C15H17NO2S/c1-11(2)13-5-3-4-6-14(13)18-8-7-15-16-12(9-17)10-19-15/h3-6,9-11H,7-8H2,1-2H3. The zero-order valence-corrected chi connectivity index (χ0v) is 11.9. The molecule has 2 aromatic rings. The highest BCUT2D eigenvalue weighted by molar-refractivity contribution is 7.09. The summed E-state index contributed by atoms with van der Waals surface area (Å²) >= 11 is 1.50. The average molecular weight is 275 g/mol. The number of aldehydes is 1. The summed E-state index contributed by atoms with van der Waals surface area (Å²) in [7, 11) is 0. The van der Waals surface area contributed by atoms with E-state index in [1.54, 1.807) is 5.38 Å². The summed E-state index contributed by atoms with van der Waals surface area (Å²) in [5, 5.41) is 2.70. The summed E-state index contributed by atoms with van der Waals surface area (Å²) in [6, 6.07) is 8.09. The number of carbonyl (C=O) groups excluding carboxylic acids is 1. The molecule has 0 spiro atoms. The van der Waals surface area contributed by atoms with Crippen molar-refractivity contribution in [1.82, 2.24) is 4.98 Å². The van der Waals surface area contributed by atoms with Crippen LogP contribution in [0.3, 0.4) is 0 Å². The monoisotopic (exact) mass is 275 g/mol. The van der Waals surface area contributed by atoms with Crippen LogP contribution in [0.25, 0.3) is 0 Å². The third kappa shape index (κ3) is 3.64. The minimum Gasteiger partial charge on any atom is -0.493 e. The van der Waals surface area contributed by atoms with Crippen LogP contribution in [0.15, 0.2) is 29.6 Å². The van der Waals surface area contributed by atoms with Crippen LogP contribution in [0, 0.1) is 0 Å². The number of para-hydroxylation sites is 1. The lowest BCUT2D eigenvalue weighted by atomic mass is 10.0. The second-order valence-electron chi connectivity index (χ2n) is 4.57. The van der Waals surface area contributed by atoms with E-state index >= 15 is 0 Å². The van der Waals surface area contributed by atoms with E-state index in [0.717, 1.165) is 23.5 Å². The number of nitrogens with zero attached hydrogens (tertiary/aromatic N) is 1. The molecule has 0 fully saturated rings. The van der Waals surface area contributed by atoms with Crippen molar-refractivity contribution in [2.75, 3.05) is 6.61 Å². The topological polar surface area (TPSA) is 39.2 Å². The molecule has 0 amide bonds. The van der Waals surface area contributed by atoms with E-state index < -0.39 is 0 Å². The maximum atomic E-state index is 10.5. The summed E-state index contributed by atoms with van der Waals surface area (Å²) in [5.74, 6) is 1.38. The molecule has 0 saturated carbocycles. The van der Waals surface area contributed by atoms with Gasteiger partial charge in [0.15, 0.2) is 6.29 Å². The molecule has 0 saturated heterocycles. The van der Waals surface area contributed by atoms with Crippen LogP contribution in [-0.2, 0) is 6.42 Å². The zero-order valence-electron chi connectivity index (χ0n) is 11.1. The van der Waals surface area contributed by atoms with Crippen molar-refractivity contribution < 1.29 is 9.53 Å². The number of carbonyl (C=O) groups is 1. The predicted octanol–water partition coefficient (Wildman–Crippen LogP) is 3.70. The van der Waals surface area contributed by atoms with Gasteiger partial charge in [-0.1, -0.05) is 32.0 Å². The van der Waals surface area contributed by atoms with Gasteiger partial charge in [-0.05, 0) is 17.5 Å². The Morgan fingerprint density at radius 2 is 2.16 bits per heavy atom. The molecule has 0 aliphatic carbocycles. The second kappa shape index (κ2) is 6.48. The van der Waals surface area contributed by atoms with Crippen LogP contribution in [0.1, 0.15) is 40.8 Å². The lowest BCUT2D eigenvalue weighted by Crippen LogP contribution is -2.04. The van der Waals surface area contributed by atoms with Crippen LogP contribution in [0.5, 0.6) is 5.75 Å². The molecule has 19 heavy (non-hydrogen) atoms. The number of hydrogen-bond donors (Lipinski definition) is 0. The first-order valence-corrected chi connectivity index (χ1v) is 7.20. The smallest absolute Gasteiger partial charge is 0.169 e. The van der Waals surface area contributed by atoms with E-state index in [2.05, 4.69) is 24.9 Å². The normalized spacial score (nSPS) is 10.7. The largest absolute Gasteiger partial charge is 0.493 e. The van der Waals surface area contributed by atoms with Gasteiger partial charge in [0, 0.05) is 11.8 Å². The van der Waals surface area contributed by atoms with Crippen molar-refractivity contribution in [2.45, 2.75) is 26.2 Å². The Morgan fingerprint density at radius 3 is 2.84 bits per heavy atom. The zero-order chi connectivity index (χ0) is 13.7. The Balaban J connectivity index is 1.94. The van der Waals surface area contributed by atoms with E-state index in [-0.39, 0.29) is 0 Å². The van der Waals surface area contributed by atoms with Crippen LogP contribution in [0.2, 0.25) is 0 Å². The summed E-state index contributed by atoms with van der Waals surface area (Å²) in [5.41, 5.74) is 1.72. The molecule has 1 heterocycles.